The Hall–Kier alpha value is -1.09. The third-order valence-electron chi connectivity index (χ3n) is 3.72. The third-order valence-corrected chi connectivity index (χ3v) is 5.21. The van der Waals surface area contributed by atoms with E-state index in [0.717, 1.165) is 19.1 Å². The van der Waals surface area contributed by atoms with Crippen molar-refractivity contribution in [3.8, 4) is 6.07 Å². The first kappa shape index (κ1) is 15.0. The summed E-state index contributed by atoms with van der Waals surface area (Å²) < 4.78 is 22.6. The molecule has 0 radical (unpaired) electrons. The Morgan fingerprint density at radius 2 is 1.94 bits per heavy atom. The number of nitriles is 1. The van der Waals surface area contributed by atoms with Gasteiger partial charge in [0.25, 0.3) is 0 Å². The van der Waals surface area contributed by atoms with Crippen molar-refractivity contribution in [3.05, 3.63) is 0 Å². The van der Waals surface area contributed by atoms with E-state index in [0.29, 0.717) is 18.8 Å². The van der Waals surface area contributed by atoms with Crippen molar-refractivity contribution < 1.29 is 13.2 Å². The molecule has 0 bridgehead atoms. The number of sulfone groups is 1. The van der Waals surface area contributed by atoms with Gasteiger partial charge in [-0.3, -0.25) is 4.79 Å². The fourth-order valence-electron chi connectivity index (χ4n) is 2.05. The van der Waals surface area contributed by atoms with Crippen molar-refractivity contribution in [2.24, 2.45) is 5.92 Å². The number of carbonyl (C=O) groups excluding carboxylic acids is 1. The molecule has 1 saturated carbocycles. The Morgan fingerprint density at radius 3 is 2.33 bits per heavy atom. The van der Waals surface area contributed by atoms with E-state index in [-0.39, 0.29) is 0 Å². The minimum absolute atomic E-state index is 0.552. The molecule has 0 aliphatic heterocycles. The molecule has 102 valence electrons. The van der Waals surface area contributed by atoms with Gasteiger partial charge in [-0.2, -0.15) is 5.26 Å². The molecular weight excluding hydrogens is 252 g/mol. The van der Waals surface area contributed by atoms with Crippen LogP contribution in [0.2, 0.25) is 0 Å². The van der Waals surface area contributed by atoms with Crippen molar-refractivity contribution in [1.29, 1.82) is 5.26 Å². The largest absolute Gasteiger partial charge is 0.337 e. The SMILES string of the molecule is CC1CCC(C#N)(NC(=O)C(C)S(C)(=O)=O)CC1. The molecule has 0 aromatic carbocycles. The second-order valence-corrected chi connectivity index (χ2v) is 7.70. The van der Waals surface area contributed by atoms with Crippen LogP contribution >= 0.6 is 0 Å². The molecule has 6 heteroatoms. The first-order chi connectivity index (χ1) is 8.20. The van der Waals surface area contributed by atoms with Crippen LogP contribution in [0.5, 0.6) is 0 Å². The van der Waals surface area contributed by atoms with Gasteiger partial charge in [-0.1, -0.05) is 6.92 Å². The van der Waals surface area contributed by atoms with Crippen molar-refractivity contribution in [1.82, 2.24) is 5.32 Å². The van der Waals surface area contributed by atoms with Gasteiger partial charge in [-0.05, 0) is 38.5 Å². The second-order valence-electron chi connectivity index (χ2n) is 5.34. The van der Waals surface area contributed by atoms with Crippen LogP contribution in [0.25, 0.3) is 0 Å². The third kappa shape index (κ3) is 3.45. The van der Waals surface area contributed by atoms with E-state index in [1.165, 1.54) is 6.92 Å². The summed E-state index contributed by atoms with van der Waals surface area (Å²) in [5.74, 6) is -0.0238. The zero-order chi connectivity index (χ0) is 14.0. The van der Waals surface area contributed by atoms with E-state index in [4.69, 9.17) is 0 Å². The molecule has 1 atom stereocenters. The number of nitrogens with one attached hydrogen (secondary N) is 1. The molecule has 0 heterocycles. The molecule has 1 unspecified atom stereocenters. The number of rotatable bonds is 3. The summed E-state index contributed by atoms with van der Waals surface area (Å²) in [6, 6.07) is 2.15. The van der Waals surface area contributed by atoms with Gasteiger partial charge in [-0.25, -0.2) is 8.42 Å². The van der Waals surface area contributed by atoms with Gasteiger partial charge in [0, 0.05) is 6.26 Å². The average molecular weight is 272 g/mol. The summed E-state index contributed by atoms with van der Waals surface area (Å²) in [5.41, 5.74) is -0.886. The van der Waals surface area contributed by atoms with E-state index < -0.39 is 26.5 Å². The minimum atomic E-state index is -3.42. The molecule has 0 aromatic rings. The standard InChI is InChI=1S/C12H20N2O3S/c1-9-4-6-12(8-13,7-5-9)14-11(15)10(2)18(3,16)17/h9-10H,4-7H2,1-3H3,(H,14,15). The smallest absolute Gasteiger partial charge is 0.239 e. The molecule has 0 aromatic heterocycles. The van der Waals surface area contributed by atoms with Gasteiger partial charge in [0.2, 0.25) is 5.91 Å². The van der Waals surface area contributed by atoms with Crippen molar-refractivity contribution in [2.45, 2.75) is 50.3 Å². The lowest BCUT2D eigenvalue weighted by atomic mass is 9.78. The highest BCUT2D eigenvalue weighted by Crippen LogP contribution is 2.31. The monoisotopic (exact) mass is 272 g/mol. The number of hydrogen-bond donors (Lipinski definition) is 1. The van der Waals surface area contributed by atoms with Crippen LogP contribution < -0.4 is 5.32 Å². The number of nitrogens with zero attached hydrogens (tertiary/aromatic N) is 1. The average Bonchev–Trinajstić information content (AvgIpc) is 2.30. The summed E-state index contributed by atoms with van der Waals surface area (Å²) in [4.78, 5) is 11.9. The van der Waals surface area contributed by atoms with Crippen molar-refractivity contribution in [2.75, 3.05) is 6.26 Å². The minimum Gasteiger partial charge on any atom is -0.337 e. The highest BCUT2D eigenvalue weighted by atomic mass is 32.2. The molecule has 1 N–H and O–H groups in total. The summed E-state index contributed by atoms with van der Waals surface area (Å²) in [6.07, 6.45) is 3.96. The molecule has 0 spiro atoms. The topological polar surface area (TPSA) is 87.0 Å². The fraction of sp³-hybridized carbons (Fsp3) is 0.833. The summed E-state index contributed by atoms with van der Waals surface area (Å²) in [6.45, 7) is 3.46. The molecule has 1 amide bonds. The number of carbonyl (C=O) groups is 1. The Kier molecular flexibility index (Phi) is 4.38. The maximum Gasteiger partial charge on any atom is 0.239 e. The first-order valence-electron chi connectivity index (χ1n) is 6.12. The molecule has 1 fully saturated rings. The van der Waals surface area contributed by atoms with Crippen LogP contribution in [0.4, 0.5) is 0 Å². The highest BCUT2D eigenvalue weighted by Gasteiger charge is 2.38. The maximum atomic E-state index is 11.9. The van der Waals surface area contributed by atoms with Crippen LogP contribution in [0, 0.1) is 17.2 Å². The van der Waals surface area contributed by atoms with E-state index in [2.05, 4.69) is 18.3 Å². The van der Waals surface area contributed by atoms with Crippen LogP contribution in [-0.4, -0.2) is 31.4 Å². The Bertz CT molecular complexity index is 456. The Labute approximate surface area is 108 Å². The second kappa shape index (κ2) is 5.27. The van der Waals surface area contributed by atoms with Gasteiger partial charge in [0.15, 0.2) is 9.84 Å². The molecule has 1 rings (SSSR count). The van der Waals surface area contributed by atoms with E-state index >= 15 is 0 Å². The summed E-state index contributed by atoms with van der Waals surface area (Å²) in [7, 11) is -3.42. The molecule has 18 heavy (non-hydrogen) atoms. The van der Waals surface area contributed by atoms with Crippen molar-refractivity contribution in [3.63, 3.8) is 0 Å². The van der Waals surface area contributed by atoms with Crippen LogP contribution in [0.3, 0.4) is 0 Å². The predicted octanol–water partition coefficient (Wildman–Crippen LogP) is 1.01. The highest BCUT2D eigenvalue weighted by molar-refractivity contribution is 7.92. The van der Waals surface area contributed by atoms with Gasteiger partial charge < -0.3 is 5.32 Å². The first-order valence-corrected chi connectivity index (χ1v) is 8.08. The maximum absolute atomic E-state index is 11.9. The van der Waals surface area contributed by atoms with Crippen molar-refractivity contribution >= 4 is 15.7 Å². The zero-order valence-corrected chi connectivity index (χ0v) is 11.9. The van der Waals surface area contributed by atoms with E-state index in [9.17, 15) is 18.5 Å². The lowest BCUT2D eigenvalue weighted by Gasteiger charge is -2.34. The fourth-order valence-corrected chi connectivity index (χ4v) is 2.50. The molecular formula is C12H20N2O3S. The van der Waals surface area contributed by atoms with Gasteiger partial charge in [-0.15, -0.1) is 0 Å². The number of hydrogen-bond acceptors (Lipinski definition) is 4. The molecule has 0 saturated heterocycles. The normalized spacial score (nSPS) is 30.2. The molecule has 5 nitrogen and oxygen atoms in total. The Balaban J connectivity index is 2.76. The van der Waals surface area contributed by atoms with Crippen LogP contribution in [0.15, 0.2) is 0 Å². The predicted molar refractivity (Wildman–Crippen MR) is 68.4 cm³/mol. The quantitative estimate of drug-likeness (QED) is 0.830. The zero-order valence-electron chi connectivity index (χ0n) is 11.1. The van der Waals surface area contributed by atoms with Gasteiger partial charge in [0.1, 0.15) is 10.8 Å². The molecule has 1 aliphatic carbocycles. The summed E-state index contributed by atoms with van der Waals surface area (Å²) in [5, 5.41) is 10.8. The lowest BCUT2D eigenvalue weighted by Crippen LogP contribution is -2.53. The lowest BCUT2D eigenvalue weighted by molar-refractivity contribution is -0.122. The number of amides is 1. The summed E-state index contributed by atoms with van der Waals surface area (Å²) >= 11 is 0. The van der Waals surface area contributed by atoms with E-state index in [1.807, 2.05) is 0 Å². The van der Waals surface area contributed by atoms with Crippen LogP contribution in [0.1, 0.15) is 39.5 Å². The van der Waals surface area contributed by atoms with Gasteiger partial charge >= 0.3 is 0 Å². The van der Waals surface area contributed by atoms with Crippen LogP contribution in [-0.2, 0) is 14.6 Å². The molecule has 1 aliphatic rings. The van der Waals surface area contributed by atoms with E-state index in [1.54, 1.807) is 0 Å². The Morgan fingerprint density at radius 1 is 1.44 bits per heavy atom. The van der Waals surface area contributed by atoms with Gasteiger partial charge in [0.05, 0.1) is 6.07 Å².